The van der Waals surface area contributed by atoms with E-state index < -0.39 is 10.0 Å². The van der Waals surface area contributed by atoms with Crippen LogP contribution in [0.5, 0.6) is 17.2 Å². The molecule has 1 amide bonds. The highest BCUT2D eigenvalue weighted by atomic mass is 32.2. The predicted molar refractivity (Wildman–Crippen MR) is 118 cm³/mol. The van der Waals surface area contributed by atoms with Crippen molar-refractivity contribution in [1.82, 2.24) is 0 Å². The minimum Gasteiger partial charge on any atom is -0.497 e. The van der Waals surface area contributed by atoms with Crippen LogP contribution in [0.25, 0.3) is 0 Å². The molecule has 3 aromatic rings. The number of methoxy groups -OCH3 is 3. The van der Waals surface area contributed by atoms with Crippen molar-refractivity contribution in [1.29, 1.82) is 0 Å². The highest BCUT2D eigenvalue weighted by molar-refractivity contribution is 7.92. The van der Waals surface area contributed by atoms with Gasteiger partial charge in [0.15, 0.2) is 0 Å². The summed E-state index contributed by atoms with van der Waals surface area (Å²) >= 11 is 0. The van der Waals surface area contributed by atoms with Gasteiger partial charge < -0.3 is 19.5 Å². The summed E-state index contributed by atoms with van der Waals surface area (Å²) in [7, 11) is 0.623. The van der Waals surface area contributed by atoms with Crippen molar-refractivity contribution in [2.75, 3.05) is 31.4 Å². The zero-order chi connectivity index (χ0) is 22.4. The fraction of sp³-hybridized carbons (Fsp3) is 0.136. The number of nitrogens with one attached hydrogen (secondary N) is 2. The van der Waals surface area contributed by atoms with Crippen LogP contribution in [0.15, 0.2) is 71.6 Å². The van der Waals surface area contributed by atoms with Gasteiger partial charge in [0.2, 0.25) is 0 Å². The Morgan fingerprint density at radius 1 is 0.774 bits per heavy atom. The summed E-state index contributed by atoms with van der Waals surface area (Å²) in [4.78, 5) is 12.4. The Hall–Kier alpha value is -3.72. The lowest BCUT2D eigenvalue weighted by Gasteiger charge is -2.13. The molecule has 0 aliphatic rings. The molecule has 0 aromatic heterocycles. The summed E-state index contributed by atoms with van der Waals surface area (Å²) in [5, 5.41) is 2.73. The van der Waals surface area contributed by atoms with Gasteiger partial charge in [-0.15, -0.1) is 0 Å². The van der Waals surface area contributed by atoms with E-state index in [0.717, 1.165) is 0 Å². The van der Waals surface area contributed by atoms with E-state index in [-0.39, 0.29) is 16.5 Å². The molecule has 9 heteroatoms. The van der Waals surface area contributed by atoms with Gasteiger partial charge in [0.25, 0.3) is 15.9 Å². The number of hydrogen-bond acceptors (Lipinski definition) is 6. The van der Waals surface area contributed by atoms with E-state index in [1.54, 1.807) is 49.6 Å². The molecule has 0 saturated carbocycles. The second-order valence-electron chi connectivity index (χ2n) is 6.38. The standard InChI is InChI=1S/C22H22N2O6S/c1-28-17-8-4-15(5-9-17)22(25)23-16-6-11-19(12-7-16)31(26,27)24-20-13-10-18(29-2)14-21(20)30-3/h4-14,24H,1-3H3,(H,23,25). The van der Waals surface area contributed by atoms with Gasteiger partial charge in [-0.05, 0) is 60.7 Å². The zero-order valence-corrected chi connectivity index (χ0v) is 18.0. The van der Waals surface area contributed by atoms with Crippen LogP contribution in [0.2, 0.25) is 0 Å². The highest BCUT2D eigenvalue weighted by Gasteiger charge is 2.17. The van der Waals surface area contributed by atoms with Crippen LogP contribution in [0, 0.1) is 0 Å². The third-order valence-electron chi connectivity index (χ3n) is 4.43. The number of hydrogen-bond donors (Lipinski definition) is 2. The number of carbonyl (C=O) groups excluding carboxylic acids is 1. The Kier molecular flexibility index (Phi) is 6.66. The summed E-state index contributed by atoms with van der Waals surface area (Å²) in [6.45, 7) is 0. The van der Waals surface area contributed by atoms with Gasteiger partial charge in [0.05, 0.1) is 31.9 Å². The molecule has 0 radical (unpaired) electrons. The quantitative estimate of drug-likeness (QED) is 0.551. The van der Waals surface area contributed by atoms with Crippen molar-refractivity contribution in [3.05, 3.63) is 72.3 Å². The van der Waals surface area contributed by atoms with Gasteiger partial charge in [0.1, 0.15) is 17.2 Å². The maximum absolute atomic E-state index is 12.7. The normalized spacial score (nSPS) is 10.8. The largest absolute Gasteiger partial charge is 0.497 e. The zero-order valence-electron chi connectivity index (χ0n) is 17.2. The fourth-order valence-corrected chi connectivity index (χ4v) is 3.82. The van der Waals surface area contributed by atoms with Crippen molar-refractivity contribution in [2.24, 2.45) is 0 Å². The minimum atomic E-state index is -3.87. The number of sulfonamides is 1. The first kappa shape index (κ1) is 22.0. The molecular weight excluding hydrogens is 420 g/mol. The number of carbonyl (C=O) groups is 1. The van der Waals surface area contributed by atoms with Gasteiger partial charge in [-0.3, -0.25) is 9.52 Å². The maximum Gasteiger partial charge on any atom is 0.262 e. The first-order valence-corrected chi connectivity index (χ1v) is 10.6. The second-order valence-corrected chi connectivity index (χ2v) is 8.06. The van der Waals surface area contributed by atoms with E-state index in [9.17, 15) is 13.2 Å². The van der Waals surface area contributed by atoms with Crippen LogP contribution in [-0.4, -0.2) is 35.7 Å². The summed E-state index contributed by atoms with van der Waals surface area (Å²) in [6, 6.07) is 17.2. The molecule has 0 heterocycles. The van der Waals surface area contributed by atoms with E-state index in [0.29, 0.717) is 28.5 Å². The first-order chi connectivity index (χ1) is 14.9. The van der Waals surface area contributed by atoms with E-state index >= 15 is 0 Å². The van der Waals surface area contributed by atoms with E-state index in [1.807, 2.05) is 0 Å². The molecule has 0 fully saturated rings. The SMILES string of the molecule is COc1ccc(C(=O)Nc2ccc(S(=O)(=O)Nc3ccc(OC)cc3OC)cc2)cc1. The molecule has 162 valence electrons. The first-order valence-electron chi connectivity index (χ1n) is 9.16. The molecule has 3 aromatic carbocycles. The number of anilines is 2. The molecule has 3 rings (SSSR count). The second kappa shape index (κ2) is 9.40. The van der Waals surface area contributed by atoms with Gasteiger partial charge in [-0.25, -0.2) is 8.42 Å². The summed E-state index contributed by atoms with van der Waals surface area (Å²) in [6.07, 6.45) is 0. The van der Waals surface area contributed by atoms with Crippen LogP contribution in [0.3, 0.4) is 0 Å². The summed E-state index contributed by atoms with van der Waals surface area (Å²) in [5.41, 5.74) is 1.19. The van der Waals surface area contributed by atoms with Gasteiger partial charge in [0, 0.05) is 17.3 Å². The Morgan fingerprint density at radius 3 is 1.97 bits per heavy atom. The van der Waals surface area contributed by atoms with Crippen LogP contribution in [0.1, 0.15) is 10.4 Å². The average Bonchev–Trinajstić information content (AvgIpc) is 2.79. The Bertz CT molecular complexity index is 1160. The molecule has 2 N–H and O–H groups in total. The molecule has 8 nitrogen and oxygen atoms in total. The number of rotatable bonds is 8. The molecule has 0 aliphatic carbocycles. The third-order valence-corrected chi connectivity index (χ3v) is 5.81. The minimum absolute atomic E-state index is 0.0350. The smallest absolute Gasteiger partial charge is 0.262 e. The van der Waals surface area contributed by atoms with Crippen molar-refractivity contribution in [3.8, 4) is 17.2 Å². The molecule has 31 heavy (non-hydrogen) atoms. The van der Waals surface area contributed by atoms with Crippen molar-refractivity contribution >= 4 is 27.3 Å². The topological polar surface area (TPSA) is 103 Å². The van der Waals surface area contributed by atoms with Gasteiger partial charge >= 0.3 is 0 Å². The third kappa shape index (κ3) is 5.26. The number of amides is 1. The van der Waals surface area contributed by atoms with Crippen molar-refractivity contribution < 1.29 is 27.4 Å². The molecule has 0 aliphatic heterocycles. The monoisotopic (exact) mass is 442 g/mol. The summed E-state index contributed by atoms with van der Waals surface area (Å²) in [5.74, 6) is 1.19. The predicted octanol–water partition coefficient (Wildman–Crippen LogP) is 3.77. The molecular formula is C22H22N2O6S. The Labute approximate surface area is 180 Å². The van der Waals surface area contributed by atoms with E-state index in [1.165, 1.54) is 38.5 Å². The maximum atomic E-state index is 12.7. The van der Waals surface area contributed by atoms with Crippen molar-refractivity contribution in [3.63, 3.8) is 0 Å². The number of benzene rings is 3. The molecule has 0 atom stereocenters. The molecule has 0 saturated heterocycles. The molecule has 0 spiro atoms. The van der Waals surface area contributed by atoms with Gasteiger partial charge in [-0.2, -0.15) is 0 Å². The van der Waals surface area contributed by atoms with Crippen LogP contribution < -0.4 is 24.2 Å². The average molecular weight is 442 g/mol. The lowest BCUT2D eigenvalue weighted by atomic mass is 10.2. The Morgan fingerprint density at radius 2 is 1.39 bits per heavy atom. The van der Waals surface area contributed by atoms with Crippen LogP contribution >= 0.6 is 0 Å². The lowest BCUT2D eigenvalue weighted by molar-refractivity contribution is 0.102. The lowest BCUT2D eigenvalue weighted by Crippen LogP contribution is -2.14. The molecule has 0 unspecified atom stereocenters. The summed E-state index contributed by atoms with van der Waals surface area (Å²) < 4.78 is 43.4. The molecule has 0 bridgehead atoms. The van der Waals surface area contributed by atoms with Crippen molar-refractivity contribution in [2.45, 2.75) is 4.90 Å². The van der Waals surface area contributed by atoms with E-state index in [2.05, 4.69) is 10.0 Å². The van der Waals surface area contributed by atoms with E-state index in [4.69, 9.17) is 14.2 Å². The Balaban J connectivity index is 1.73. The van der Waals surface area contributed by atoms with Gasteiger partial charge in [-0.1, -0.05) is 0 Å². The highest BCUT2D eigenvalue weighted by Crippen LogP contribution is 2.31. The van der Waals surface area contributed by atoms with Crippen LogP contribution in [-0.2, 0) is 10.0 Å². The number of ether oxygens (including phenoxy) is 3. The fourth-order valence-electron chi connectivity index (χ4n) is 2.75. The van der Waals surface area contributed by atoms with Crippen LogP contribution in [0.4, 0.5) is 11.4 Å².